The van der Waals surface area contributed by atoms with Gasteiger partial charge >= 0.3 is 0 Å². The molecule has 8 heteroatoms. The molecule has 0 saturated carbocycles. The summed E-state index contributed by atoms with van der Waals surface area (Å²) in [7, 11) is 0. The number of nitrogens with one attached hydrogen (secondary N) is 1. The van der Waals surface area contributed by atoms with Crippen molar-refractivity contribution < 1.29 is 9.59 Å². The second-order valence-electron chi connectivity index (χ2n) is 7.01. The zero-order chi connectivity index (χ0) is 22.5. The van der Waals surface area contributed by atoms with Crippen molar-refractivity contribution in [3.05, 3.63) is 83.6 Å². The number of carbonyl (C=O) groups is 2. The molecule has 0 bridgehead atoms. The number of anilines is 1. The summed E-state index contributed by atoms with van der Waals surface area (Å²) in [5.74, 6) is -2.79. The molecule has 2 aromatic heterocycles. The van der Waals surface area contributed by atoms with E-state index >= 15 is 0 Å². The number of Topliss-reactive ketones (excluding diaryl/α,β-unsaturated/α-hetero) is 1. The number of hydrogen-bond acceptors (Lipinski definition) is 6. The molecule has 7 nitrogen and oxygen atoms in total. The number of ketones is 1. The normalized spacial score (nSPS) is 11.5. The molecule has 0 spiro atoms. The largest absolute Gasteiger partial charge is 0.325 e. The van der Waals surface area contributed by atoms with E-state index in [4.69, 9.17) is 0 Å². The number of thiazole rings is 1. The molecule has 0 aliphatic carbocycles. The van der Waals surface area contributed by atoms with Crippen LogP contribution >= 0.6 is 11.3 Å². The Labute approximate surface area is 189 Å². The van der Waals surface area contributed by atoms with Gasteiger partial charge in [-0.2, -0.15) is 10.4 Å². The number of aryl methyl sites for hydroxylation is 1. The van der Waals surface area contributed by atoms with E-state index in [-0.39, 0.29) is 5.69 Å². The number of benzene rings is 2. The van der Waals surface area contributed by atoms with Crippen LogP contribution in [0, 0.1) is 17.2 Å². The van der Waals surface area contributed by atoms with Gasteiger partial charge in [0.2, 0.25) is 11.7 Å². The lowest BCUT2D eigenvalue weighted by Gasteiger charge is -2.09. The number of hydrogen-bond donors (Lipinski definition) is 1. The van der Waals surface area contributed by atoms with Crippen LogP contribution in [-0.4, -0.2) is 26.5 Å². The van der Waals surface area contributed by atoms with Gasteiger partial charge in [-0.1, -0.05) is 37.3 Å². The number of para-hydroxylation sites is 1. The van der Waals surface area contributed by atoms with Gasteiger partial charge in [0.25, 0.3) is 0 Å². The molecule has 1 amide bonds. The third-order valence-electron chi connectivity index (χ3n) is 4.89. The van der Waals surface area contributed by atoms with E-state index in [1.807, 2.05) is 55.6 Å². The molecule has 4 aromatic rings. The van der Waals surface area contributed by atoms with Gasteiger partial charge < -0.3 is 5.32 Å². The third kappa shape index (κ3) is 4.48. The van der Waals surface area contributed by atoms with Gasteiger partial charge in [0.05, 0.1) is 18.0 Å². The maximum absolute atomic E-state index is 12.8. The van der Waals surface area contributed by atoms with Crippen molar-refractivity contribution in [3.8, 4) is 22.3 Å². The second-order valence-corrected chi connectivity index (χ2v) is 7.87. The van der Waals surface area contributed by atoms with Crippen molar-refractivity contribution in [1.82, 2.24) is 14.8 Å². The van der Waals surface area contributed by atoms with Crippen molar-refractivity contribution >= 4 is 28.7 Å². The fraction of sp³-hybridized carbons (Fsp3) is 0.125. The summed E-state index contributed by atoms with van der Waals surface area (Å²) in [6.45, 7) is 2.03. The Kier molecular flexibility index (Phi) is 6.19. The van der Waals surface area contributed by atoms with Gasteiger partial charge in [-0.05, 0) is 36.2 Å². The molecule has 1 atom stereocenters. The molecule has 1 N–H and O–H groups in total. The highest BCUT2D eigenvalue weighted by Crippen LogP contribution is 2.25. The lowest BCUT2D eigenvalue weighted by Crippen LogP contribution is -2.28. The highest BCUT2D eigenvalue weighted by Gasteiger charge is 2.29. The predicted octanol–water partition coefficient (Wildman–Crippen LogP) is 4.52. The second kappa shape index (κ2) is 9.37. The molecule has 4 rings (SSSR count). The minimum absolute atomic E-state index is 0.0838. The summed E-state index contributed by atoms with van der Waals surface area (Å²) >= 11 is 1.26. The van der Waals surface area contributed by atoms with Crippen LogP contribution in [0.4, 0.5) is 5.69 Å². The Bertz CT molecular complexity index is 1290. The lowest BCUT2D eigenvalue weighted by atomic mass is 10.0. The first kappa shape index (κ1) is 21.2. The quantitative estimate of drug-likeness (QED) is 0.336. The van der Waals surface area contributed by atoms with Gasteiger partial charge in [0, 0.05) is 22.8 Å². The Morgan fingerprint density at radius 2 is 1.91 bits per heavy atom. The standard InChI is InChI=1S/C24H19N5O2S/c1-2-16-8-10-18(11-9-16)27-23(31)20(12-25)22(30)21-15-32-24(28-21)17-13-26-29(14-17)19-6-4-3-5-7-19/h3-11,13-15,20H,2H2,1H3,(H,27,31). The smallest absolute Gasteiger partial charge is 0.249 e. The molecule has 0 aliphatic heterocycles. The maximum atomic E-state index is 12.8. The molecular weight excluding hydrogens is 422 g/mol. The van der Waals surface area contributed by atoms with Crippen LogP contribution in [0.2, 0.25) is 0 Å². The van der Waals surface area contributed by atoms with E-state index in [9.17, 15) is 14.9 Å². The third-order valence-corrected chi connectivity index (χ3v) is 5.78. The van der Waals surface area contributed by atoms with Crippen LogP contribution in [0.1, 0.15) is 23.0 Å². The minimum atomic E-state index is -1.48. The van der Waals surface area contributed by atoms with Crippen LogP contribution in [-0.2, 0) is 11.2 Å². The first-order chi connectivity index (χ1) is 15.6. The summed E-state index contributed by atoms with van der Waals surface area (Å²) in [5, 5.41) is 18.6. The predicted molar refractivity (Wildman–Crippen MR) is 123 cm³/mol. The number of nitriles is 1. The molecular formula is C24H19N5O2S. The van der Waals surface area contributed by atoms with Crippen molar-refractivity contribution in [2.45, 2.75) is 13.3 Å². The number of aromatic nitrogens is 3. The van der Waals surface area contributed by atoms with Crippen LogP contribution in [0.3, 0.4) is 0 Å². The maximum Gasteiger partial charge on any atom is 0.249 e. The fourth-order valence-corrected chi connectivity index (χ4v) is 3.88. The van der Waals surface area contributed by atoms with E-state index in [0.717, 1.165) is 23.2 Å². The Morgan fingerprint density at radius 1 is 1.16 bits per heavy atom. The Morgan fingerprint density at radius 3 is 2.59 bits per heavy atom. The highest BCUT2D eigenvalue weighted by molar-refractivity contribution is 7.13. The van der Waals surface area contributed by atoms with E-state index in [2.05, 4.69) is 15.4 Å². The molecule has 2 aromatic carbocycles. The molecule has 0 radical (unpaired) electrons. The number of carbonyl (C=O) groups excluding carboxylic acids is 2. The van der Waals surface area contributed by atoms with Crippen LogP contribution in [0.25, 0.3) is 16.3 Å². The van der Waals surface area contributed by atoms with E-state index < -0.39 is 17.6 Å². The average Bonchev–Trinajstić information content (AvgIpc) is 3.51. The first-order valence-corrected chi connectivity index (χ1v) is 10.9. The van der Waals surface area contributed by atoms with Crippen LogP contribution < -0.4 is 5.32 Å². The van der Waals surface area contributed by atoms with Crippen molar-refractivity contribution in [1.29, 1.82) is 5.26 Å². The van der Waals surface area contributed by atoms with Gasteiger partial charge in [-0.15, -0.1) is 11.3 Å². The summed E-state index contributed by atoms with van der Waals surface area (Å²) in [4.78, 5) is 29.7. The molecule has 0 saturated heterocycles. The van der Waals surface area contributed by atoms with Gasteiger partial charge in [0.1, 0.15) is 10.7 Å². The van der Waals surface area contributed by atoms with Gasteiger partial charge in [0.15, 0.2) is 5.92 Å². The molecule has 1 unspecified atom stereocenters. The highest BCUT2D eigenvalue weighted by atomic mass is 32.1. The van der Waals surface area contributed by atoms with Crippen molar-refractivity contribution in [3.63, 3.8) is 0 Å². The monoisotopic (exact) mass is 441 g/mol. The number of rotatable bonds is 7. The van der Waals surface area contributed by atoms with Crippen molar-refractivity contribution in [2.75, 3.05) is 5.32 Å². The Hall–Kier alpha value is -4.09. The molecule has 2 heterocycles. The molecule has 158 valence electrons. The average molecular weight is 442 g/mol. The Balaban J connectivity index is 1.49. The summed E-state index contributed by atoms with van der Waals surface area (Å²) < 4.78 is 1.72. The van der Waals surface area contributed by atoms with Gasteiger partial charge in [-0.3, -0.25) is 9.59 Å². The molecule has 0 fully saturated rings. The molecule has 32 heavy (non-hydrogen) atoms. The van der Waals surface area contributed by atoms with Crippen LogP contribution in [0.15, 0.2) is 72.4 Å². The lowest BCUT2D eigenvalue weighted by molar-refractivity contribution is -0.117. The minimum Gasteiger partial charge on any atom is -0.325 e. The van der Waals surface area contributed by atoms with E-state index in [0.29, 0.717) is 10.7 Å². The topological polar surface area (TPSA) is 101 Å². The van der Waals surface area contributed by atoms with E-state index in [1.165, 1.54) is 11.3 Å². The van der Waals surface area contributed by atoms with E-state index in [1.54, 1.807) is 34.5 Å². The SMILES string of the molecule is CCc1ccc(NC(=O)C(C#N)C(=O)c2csc(-c3cnn(-c4ccccc4)c3)n2)cc1. The van der Waals surface area contributed by atoms with Gasteiger partial charge in [-0.25, -0.2) is 9.67 Å². The van der Waals surface area contributed by atoms with Crippen molar-refractivity contribution in [2.24, 2.45) is 5.92 Å². The zero-order valence-electron chi connectivity index (χ0n) is 17.2. The summed E-state index contributed by atoms with van der Waals surface area (Å²) in [5.41, 5.74) is 3.39. The number of amides is 1. The number of nitrogens with zero attached hydrogens (tertiary/aromatic N) is 4. The fourth-order valence-electron chi connectivity index (χ4n) is 3.10. The zero-order valence-corrected chi connectivity index (χ0v) is 18.0. The summed E-state index contributed by atoms with van der Waals surface area (Å²) in [6, 6.07) is 18.7. The molecule has 0 aliphatic rings. The van der Waals surface area contributed by atoms with Crippen LogP contribution in [0.5, 0.6) is 0 Å². The first-order valence-electron chi connectivity index (χ1n) is 9.98. The summed E-state index contributed by atoms with van der Waals surface area (Å²) in [6.07, 6.45) is 4.36.